The van der Waals surface area contributed by atoms with Crippen LogP contribution in [0.1, 0.15) is 28.5 Å². The van der Waals surface area contributed by atoms with Crippen molar-refractivity contribution in [3.63, 3.8) is 0 Å². The lowest BCUT2D eigenvalue weighted by atomic mass is 10.1. The number of fused-ring (bicyclic) bond motifs is 1. The summed E-state index contributed by atoms with van der Waals surface area (Å²) in [6, 6.07) is 12.2. The summed E-state index contributed by atoms with van der Waals surface area (Å²) >= 11 is 6.84. The molecule has 1 aliphatic heterocycles. The Balaban J connectivity index is 1.51. The van der Waals surface area contributed by atoms with Crippen LogP contribution in [0.5, 0.6) is 0 Å². The van der Waals surface area contributed by atoms with Gasteiger partial charge in [-0.05, 0) is 56.0 Å². The van der Waals surface area contributed by atoms with Gasteiger partial charge in [0.15, 0.2) is 0 Å². The van der Waals surface area contributed by atoms with Crippen LogP contribution in [0.4, 0.5) is 10.5 Å². The molecule has 0 spiro atoms. The van der Waals surface area contributed by atoms with Gasteiger partial charge in [-0.25, -0.2) is 4.79 Å². The molecule has 10 heteroatoms. The highest BCUT2D eigenvalue weighted by molar-refractivity contribution is 8.18. The monoisotopic (exact) mass is 511 g/mol. The molecule has 0 saturated carbocycles. The molecule has 1 saturated heterocycles. The Labute approximate surface area is 210 Å². The van der Waals surface area contributed by atoms with E-state index in [-0.39, 0.29) is 27.8 Å². The van der Waals surface area contributed by atoms with Gasteiger partial charge in [0.1, 0.15) is 6.54 Å². The smallest absolute Gasteiger partial charge is 0.339 e. The molecule has 2 heterocycles. The molecule has 1 aliphatic rings. The van der Waals surface area contributed by atoms with Gasteiger partial charge in [0.2, 0.25) is 5.91 Å². The Morgan fingerprint density at radius 3 is 2.66 bits per heavy atom. The Bertz CT molecular complexity index is 1410. The Morgan fingerprint density at radius 1 is 1.17 bits per heavy atom. The van der Waals surface area contributed by atoms with Crippen LogP contribution in [0.15, 0.2) is 47.4 Å². The summed E-state index contributed by atoms with van der Waals surface area (Å²) in [6.45, 7) is 3.33. The fraction of sp³-hybridized carbons (Fsp3) is 0.200. The summed E-state index contributed by atoms with van der Waals surface area (Å²) in [5.74, 6) is -1.74. The summed E-state index contributed by atoms with van der Waals surface area (Å²) in [5.41, 5.74) is 3.21. The lowest BCUT2D eigenvalue weighted by molar-refractivity contribution is -0.127. The number of thioether (sulfide) groups is 1. The molecule has 0 radical (unpaired) electrons. The highest BCUT2D eigenvalue weighted by Gasteiger charge is 2.36. The highest BCUT2D eigenvalue weighted by Crippen LogP contribution is 2.35. The molecule has 0 atom stereocenters. The number of carbonyl (C=O) groups excluding carboxylic acids is 4. The van der Waals surface area contributed by atoms with Gasteiger partial charge in [-0.1, -0.05) is 29.8 Å². The Hall–Kier alpha value is -3.56. The van der Waals surface area contributed by atoms with Gasteiger partial charge in [0.05, 0.1) is 22.1 Å². The molecule has 180 valence electrons. The zero-order chi connectivity index (χ0) is 25.3. The van der Waals surface area contributed by atoms with Gasteiger partial charge in [-0.15, -0.1) is 0 Å². The molecule has 3 aromatic rings. The van der Waals surface area contributed by atoms with E-state index < -0.39 is 29.6 Å². The minimum atomic E-state index is -0.617. The van der Waals surface area contributed by atoms with E-state index in [1.54, 1.807) is 13.0 Å². The van der Waals surface area contributed by atoms with Crippen LogP contribution in [-0.4, -0.2) is 45.6 Å². The van der Waals surface area contributed by atoms with E-state index in [0.717, 1.165) is 38.8 Å². The van der Waals surface area contributed by atoms with Crippen LogP contribution < -0.4 is 5.32 Å². The molecule has 35 heavy (non-hydrogen) atoms. The number of anilines is 1. The average Bonchev–Trinajstić information content (AvgIpc) is 3.23. The summed E-state index contributed by atoms with van der Waals surface area (Å²) in [4.78, 5) is 51.3. The number of carbonyl (C=O) groups is 4. The number of halogens is 1. The van der Waals surface area contributed by atoms with Crippen LogP contribution in [-0.2, 0) is 21.4 Å². The van der Waals surface area contributed by atoms with Crippen molar-refractivity contribution in [2.75, 3.05) is 18.5 Å². The quantitative estimate of drug-likeness (QED) is 0.370. The van der Waals surface area contributed by atoms with Crippen molar-refractivity contribution in [1.29, 1.82) is 0 Å². The number of nitrogens with one attached hydrogen (secondary N) is 1. The van der Waals surface area contributed by atoms with Crippen molar-refractivity contribution in [2.24, 2.45) is 7.05 Å². The molecule has 0 unspecified atom stereocenters. The summed E-state index contributed by atoms with van der Waals surface area (Å²) in [5, 5.41) is 3.21. The fourth-order valence-corrected chi connectivity index (χ4v) is 4.83. The zero-order valence-electron chi connectivity index (χ0n) is 19.3. The maximum absolute atomic E-state index is 13.0. The third kappa shape index (κ3) is 4.82. The third-order valence-electron chi connectivity index (χ3n) is 5.64. The number of imide groups is 1. The fourth-order valence-electron chi connectivity index (χ4n) is 3.81. The van der Waals surface area contributed by atoms with Crippen LogP contribution in [0.25, 0.3) is 17.0 Å². The SMILES string of the molecule is CCOC(=O)c1cc(NC(=O)CN2C(=O)S/C(=C\c3c(C)n(C)c4ccccc34)C2=O)ccc1Cl. The van der Waals surface area contributed by atoms with Crippen LogP contribution in [0.2, 0.25) is 5.02 Å². The van der Waals surface area contributed by atoms with E-state index in [1.165, 1.54) is 18.2 Å². The molecule has 0 aliphatic carbocycles. The van der Waals surface area contributed by atoms with Gasteiger partial charge in [0, 0.05) is 34.9 Å². The normalized spacial score (nSPS) is 14.7. The predicted molar refractivity (Wildman–Crippen MR) is 136 cm³/mol. The molecular weight excluding hydrogens is 490 g/mol. The first-order chi connectivity index (χ1) is 16.7. The van der Waals surface area contributed by atoms with E-state index in [1.807, 2.05) is 42.8 Å². The highest BCUT2D eigenvalue weighted by atomic mass is 35.5. The zero-order valence-corrected chi connectivity index (χ0v) is 20.8. The number of amides is 3. The number of hydrogen-bond acceptors (Lipinski definition) is 6. The minimum Gasteiger partial charge on any atom is -0.462 e. The molecule has 1 fully saturated rings. The van der Waals surface area contributed by atoms with Crippen molar-refractivity contribution in [3.05, 3.63) is 69.2 Å². The average molecular weight is 512 g/mol. The van der Waals surface area contributed by atoms with Crippen molar-refractivity contribution in [2.45, 2.75) is 13.8 Å². The van der Waals surface area contributed by atoms with Crippen LogP contribution in [0.3, 0.4) is 0 Å². The Morgan fingerprint density at radius 2 is 1.91 bits per heavy atom. The number of aromatic nitrogens is 1. The topological polar surface area (TPSA) is 97.7 Å². The molecule has 3 amide bonds. The molecule has 1 N–H and O–H groups in total. The van der Waals surface area contributed by atoms with Gasteiger partial charge in [0.25, 0.3) is 11.1 Å². The van der Waals surface area contributed by atoms with Gasteiger partial charge in [-0.3, -0.25) is 19.3 Å². The second-order valence-corrected chi connectivity index (χ2v) is 9.21. The standard InChI is InChI=1S/C25H22ClN3O5S/c1-4-34-24(32)18-11-15(9-10-19(18)26)27-22(30)13-29-23(31)21(35-25(29)33)12-17-14(2)28(3)20-8-6-5-7-16(17)20/h5-12H,4,13H2,1-3H3,(H,27,30)/b21-12-. The molecule has 2 aromatic carbocycles. The third-order valence-corrected chi connectivity index (χ3v) is 6.88. The van der Waals surface area contributed by atoms with Gasteiger partial charge < -0.3 is 14.6 Å². The van der Waals surface area contributed by atoms with E-state index in [0.29, 0.717) is 0 Å². The number of para-hydroxylation sites is 1. The molecule has 0 bridgehead atoms. The second-order valence-electron chi connectivity index (χ2n) is 7.81. The summed E-state index contributed by atoms with van der Waals surface area (Å²) < 4.78 is 6.98. The number of rotatable bonds is 6. The summed E-state index contributed by atoms with van der Waals surface area (Å²) in [6.07, 6.45) is 1.70. The van der Waals surface area contributed by atoms with E-state index in [2.05, 4.69) is 5.32 Å². The first-order valence-corrected chi connectivity index (χ1v) is 12.0. The lowest BCUT2D eigenvalue weighted by Crippen LogP contribution is -2.36. The minimum absolute atomic E-state index is 0.103. The Kier molecular flexibility index (Phi) is 7.00. The van der Waals surface area contributed by atoms with Gasteiger partial charge >= 0.3 is 5.97 Å². The van der Waals surface area contributed by atoms with E-state index in [9.17, 15) is 19.2 Å². The molecule has 4 rings (SSSR count). The maximum atomic E-state index is 13.0. The maximum Gasteiger partial charge on any atom is 0.339 e. The number of benzene rings is 2. The van der Waals surface area contributed by atoms with E-state index >= 15 is 0 Å². The summed E-state index contributed by atoms with van der Waals surface area (Å²) in [7, 11) is 1.94. The molecular formula is C25H22ClN3O5S. The van der Waals surface area contributed by atoms with Crippen molar-refractivity contribution < 1.29 is 23.9 Å². The van der Waals surface area contributed by atoms with E-state index in [4.69, 9.17) is 16.3 Å². The number of esters is 1. The van der Waals surface area contributed by atoms with Crippen molar-refractivity contribution >= 4 is 69.1 Å². The number of aryl methyl sites for hydroxylation is 1. The number of nitrogens with zero attached hydrogens (tertiary/aromatic N) is 2. The molecule has 8 nitrogen and oxygen atoms in total. The van der Waals surface area contributed by atoms with Crippen LogP contribution >= 0.6 is 23.4 Å². The molecule has 1 aromatic heterocycles. The van der Waals surface area contributed by atoms with Gasteiger partial charge in [-0.2, -0.15) is 0 Å². The lowest BCUT2D eigenvalue weighted by Gasteiger charge is -2.13. The second kappa shape index (κ2) is 9.97. The number of hydrogen-bond donors (Lipinski definition) is 1. The van der Waals surface area contributed by atoms with Crippen LogP contribution in [0, 0.1) is 6.92 Å². The first kappa shape index (κ1) is 24.6. The first-order valence-electron chi connectivity index (χ1n) is 10.8. The number of ether oxygens (including phenoxy) is 1. The predicted octanol–water partition coefficient (Wildman–Crippen LogP) is 4.99. The van der Waals surface area contributed by atoms with Crippen molar-refractivity contribution in [1.82, 2.24) is 9.47 Å². The largest absolute Gasteiger partial charge is 0.462 e. The van der Waals surface area contributed by atoms with Crippen molar-refractivity contribution in [3.8, 4) is 0 Å².